The lowest BCUT2D eigenvalue weighted by molar-refractivity contribution is 0.0178. The second-order valence-electron chi connectivity index (χ2n) is 6.96. The summed E-state index contributed by atoms with van der Waals surface area (Å²) in [5.41, 5.74) is -0.533. The third-order valence-corrected chi connectivity index (χ3v) is 6.15. The monoisotopic (exact) mass is 458 g/mol. The van der Waals surface area contributed by atoms with Gasteiger partial charge in [-0.2, -0.15) is 4.98 Å². The summed E-state index contributed by atoms with van der Waals surface area (Å²) in [5.74, 6) is 0.00520. The fourth-order valence-corrected chi connectivity index (χ4v) is 4.87. The van der Waals surface area contributed by atoms with E-state index in [9.17, 15) is 14.3 Å². The van der Waals surface area contributed by atoms with E-state index in [4.69, 9.17) is 16.3 Å². The Morgan fingerprint density at radius 3 is 3.00 bits per heavy atom. The van der Waals surface area contributed by atoms with E-state index in [-0.39, 0.29) is 23.4 Å². The van der Waals surface area contributed by atoms with Gasteiger partial charge in [0.25, 0.3) is 0 Å². The second kappa shape index (κ2) is 6.72. The molecule has 0 unspecified atom stereocenters. The zero-order valence-electron chi connectivity index (χ0n) is 14.5. The highest BCUT2D eigenvalue weighted by molar-refractivity contribution is 9.10. The first-order valence-corrected chi connectivity index (χ1v) is 9.61. The zero-order chi connectivity index (χ0) is 19.3. The van der Waals surface area contributed by atoms with E-state index < -0.39 is 17.4 Å². The van der Waals surface area contributed by atoms with Gasteiger partial charge >= 0.3 is 6.09 Å². The van der Waals surface area contributed by atoms with Gasteiger partial charge in [-0.1, -0.05) is 0 Å². The average Bonchev–Trinajstić information content (AvgIpc) is 2.85. The Morgan fingerprint density at radius 2 is 2.30 bits per heavy atom. The first-order chi connectivity index (χ1) is 12.9. The van der Waals surface area contributed by atoms with Gasteiger partial charge in [0.15, 0.2) is 5.82 Å². The summed E-state index contributed by atoms with van der Waals surface area (Å²) in [5, 5.41) is 10.2. The Bertz CT molecular complexity index is 929. The molecule has 2 aliphatic heterocycles. The molecule has 1 N–H and O–H groups in total. The Kier molecular flexibility index (Phi) is 4.64. The number of anilines is 1. The van der Waals surface area contributed by atoms with Crippen LogP contribution in [0.5, 0.6) is 0 Å². The smallest absolute Gasteiger partial charge is 0.408 e. The summed E-state index contributed by atoms with van der Waals surface area (Å²) in [6.07, 6.45) is 0.489. The van der Waals surface area contributed by atoms with Crippen molar-refractivity contribution >= 4 is 50.3 Å². The van der Waals surface area contributed by atoms with Crippen molar-refractivity contribution in [3.8, 4) is 0 Å². The van der Waals surface area contributed by atoms with Crippen LogP contribution in [0.1, 0.15) is 12.8 Å². The minimum Gasteiger partial charge on any atom is -0.465 e. The third kappa shape index (κ3) is 2.92. The number of hydrogen-bond acceptors (Lipinski definition) is 5. The van der Waals surface area contributed by atoms with Crippen LogP contribution in [0.15, 0.2) is 16.6 Å². The van der Waals surface area contributed by atoms with Crippen LogP contribution in [0.25, 0.3) is 10.9 Å². The maximum absolute atomic E-state index is 14.5. The number of aromatic nitrogens is 2. The summed E-state index contributed by atoms with van der Waals surface area (Å²) < 4.78 is 20.2. The molecule has 2 fully saturated rings. The van der Waals surface area contributed by atoms with Gasteiger partial charge in [-0.3, -0.25) is 4.90 Å². The van der Waals surface area contributed by atoms with Gasteiger partial charge in [0.2, 0.25) is 5.28 Å². The summed E-state index contributed by atoms with van der Waals surface area (Å²) >= 11 is 9.23. The summed E-state index contributed by atoms with van der Waals surface area (Å²) in [6.45, 7) is 1.13. The summed E-state index contributed by atoms with van der Waals surface area (Å²) in [7, 11) is 1.56. The van der Waals surface area contributed by atoms with Crippen molar-refractivity contribution in [3.05, 3.63) is 27.7 Å². The molecule has 1 aromatic carbocycles. The highest BCUT2D eigenvalue weighted by atomic mass is 79.9. The van der Waals surface area contributed by atoms with Crippen molar-refractivity contribution in [2.75, 3.05) is 31.7 Å². The maximum Gasteiger partial charge on any atom is 0.408 e. The fraction of sp³-hybridized carbons (Fsp3) is 0.471. The maximum atomic E-state index is 14.5. The average molecular weight is 460 g/mol. The van der Waals surface area contributed by atoms with Crippen LogP contribution in [0.3, 0.4) is 0 Å². The van der Waals surface area contributed by atoms with Crippen molar-refractivity contribution in [1.29, 1.82) is 0 Å². The van der Waals surface area contributed by atoms with Gasteiger partial charge < -0.3 is 14.7 Å². The first-order valence-electron chi connectivity index (χ1n) is 8.44. The van der Waals surface area contributed by atoms with Crippen LogP contribution in [-0.4, -0.2) is 64.5 Å². The number of fused-ring (bicyclic) bond motifs is 3. The lowest BCUT2D eigenvalue weighted by atomic mass is 9.96. The summed E-state index contributed by atoms with van der Waals surface area (Å²) in [4.78, 5) is 23.7. The van der Waals surface area contributed by atoms with Crippen molar-refractivity contribution in [1.82, 2.24) is 14.9 Å². The zero-order valence-corrected chi connectivity index (χ0v) is 16.8. The van der Waals surface area contributed by atoms with Gasteiger partial charge in [-0.25, -0.2) is 14.2 Å². The number of benzene rings is 1. The van der Waals surface area contributed by atoms with E-state index in [0.717, 1.165) is 6.42 Å². The Morgan fingerprint density at radius 1 is 1.52 bits per heavy atom. The minimum absolute atomic E-state index is 0.0525. The van der Waals surface area contributed by atoms with Crippen molar-refractivity contribution in [3.63, 3.8) is 0 Å². The molecule has 3 heterocycles. The number of carboxylic acid groups (broad SMARTS) is 1. The number of amides is 1. The molecule has 4 rings (SSSR count). The molecule has 0 saturated carbocycles. The number of ether oxygens (including phenoxy) is 1. The first kappa shape index (κ1) is 18.6. The van der Waals surface area contributed by atoms with Crippen LogP contribution in [-0.2, 0) is 4.74 Å². The van der Waals surface area contributed by atoms with E-state index in [1.54, 1.807) is 19.2 Å². The molecular weight excluding hydrogens is 443 g/mol. The number of rotatable bonds is 3. The molecule has 2 saturated heterocycles. The van der Waals surface area contributed by atoms with Crippen LogP contribution in [0.4, 0.5) is 15.0 Å². The molecule has 2 aliphatic rings. The molecule has 0 spiro atoms. The predicted octanol–water partition coefficient (Wildman–Crippen LogP) is 3.53. The Balaban J connectivity index is 1.82. The van der Waals surface area contributed by atoms with Crippen LogP contribution < -0.4 is 4.90 Å². The molecule has 7 nitrogen and oxygen atoms in total. The molecule has 2 aromatic rings. The van der Waals surface area contributed by atoms with E-state index in [0.29, 0.717) is 35.2 Å². The van der Waals surface area contributed by atoms with Gasteiger partial charge in [0.1, 0.15) is 11.3 Å². The van der Waals surface area contributed by atoms with Crippen LogP contribution >= 0.6 is 27.5 Å². The van der Waals surface area contributed by atoms with Crippen molar-refractivity contribution < 1.29 is 19.0 Å². The molecule has 0 aliphatic carbocycles. The normalized spacial score (nSPS) is 24.7. The number of piperazine rings is 1. The van der Waals surface area contributed by atoms with Crippen LogP contribution in [0, 0.1) is 5.82 Å². The standard InChI is InChI=1S/C17H17BrClFN4O3/c1-27-8-17-5-4-9(24(17)16(25)26)6-23(7-17)14-10-2-3-11(18)12(20)13(10)21-15(19)22-14/h2-3,9H,4-8H2,1H3,(H,25,26)/t9-,17+/m0/s1. The molecular formula is C17H17BrClFN4O3. The molecule has 0 radical (unpaired) electrons. The molecule has 2 atom stereocenters. The SMILES string of the molecule is COC[C@@]12CC[C@@H](CN(c3nc(Cl)nc4c(F)c(Br)ccc34)C1)N2C(=O)O. The number of halogens is 3. The number of carbonyl (C=O) groups is 1. The molecule has 1 aromatic heterocycles. The van der Waals surface area contributed by atoms with Gasteiger partial charge in [0.05, 0.1) is 22.7 Å². The molecule has 1 amide bonds. The number of nitrogens with zero attached hydrogens (tertiary/aromatic N) is 4. The van der Waals surface area contributed by atoms with Gasteiger partial charge in [-0.05, 0) is 52.5 Å². The van der Waals surface area contributed by atoms with Crippen molar-refractivity contribution in [2.45, 2.75) is 24.4 Å². The minimum atomic E-state index is -0.949. The molecule has 2 bridgehead atoms. The lowest BCUT2D eigenvalue weighted by Gasteiger charge is -2.47. The third-order valence-electron chi connectivity index (χ3n) is 5.37. The topological polar surface area (TPSA) is 78.8 Å². The molecule has 27 heavy (non-hydrogen) atoms. The number of methoxy groups -OCH3 is 1. The van der Waals surface area contributed by atoms with E-state index >= 15 is 0 Å². The predicted molar refractivity (Wildman–Crippen MR) is 102 cm³/mol. The van der Waals surface area contributed by atoms with E-state index in [1.165, 1.54) is 4.90 Å². The van der Waals surface area contributed by atoms with Gasteiger partial charge in [-0.15, -0.1) is 0 Å². The number of hydrogen-bond donors (Lipinski definition) is 1. The Labute approximate surface area is 168 Å². The Hall–Kier alpha value is -1.71. The second-order valence-corrected chi connectivity index (χ2v) is 8.15. The molecule has 144 valence electrons. The lowest BCUT2D eigenvalue weighted by Crippen LogP contribution is -2.65. The highest BCUT2D eigenvalue weighted by Gasteiger charge is 2.54. The fourth-order valence-electron chi connectivity index (χ4n) is 4.39. The molecule has 10 heteroatoms. The van der Waals surface area contributed by atoms with E-state index in [2.05, 4.69) is 25.9 Å². The van der Waals surface area contributed by atoms with Crippen LogP contribution in [0.2, 0.25) is 5.28 Å². The quantitative estimate of drug-likeness (QED) is 0.708. The van der Waals surface area contributed by atoms with Crippen molar-refractivity contribution in [2.24, 2.45) is 0 Å². The highest BCUT2D eigenvalue weighted by Crippen LogP contribution is 2.42. The summed E-state index contributed by atoms with van der Waals surface area (Å²) in [6, 6.07) is 3.16. The van der Waals surface area contributed by atoms with E-state index in [1.807, 2.05) is 4.90 Å². The largest absolute Gasteiger partial charge is 0.465 e. The van der Waals surface area contributed by atoms with Gasteiger partial charge in [0, 0.05) is 25.6 Å².